The van der Waals surface area contributed by atoms with E-state index in [1.54, 1.807) is 0 Å². The number of ether oxygens (including phenoxy) is 3. The van der Waals surface area contributed by atoms with E-state index in [1.807, 2.05) is 0 Å². The molecule has 0 rings (SSSR count). The Labute approximate surface area is 427 Å². The van der Waals surface area contributed by atoms with E-state index in [1.165, 1.54) is 173 Å². The number of hydrogen-bond acceptors (Lipinski definition) is 6. The quantitative estimate of drug-likeness (QED) is 0.0262. The van der Waals surface area contributed by atoms with Crippen LogP contribution in [0, 0.1) is 0 Å². The third kappa shape index (κ3) is 55.6. The van der Waals surface area contributed by atoms with Crippen LogP contribution < -0.4 is 0 Å². The van der Waals surface area contributed by atoms with Crippen molar-refractivity contribution in [3.05, 3.63) is 72.9 Å². The maximum Gasteiger partial charge on any atom is 0.306 e. The first-order valence-electron chi connectivity index (χ1n) is 29.4. The number of carbonyl (C=O) groups excluding carboxylic acids is 3. The average Bonchev–Trinajstić information content (AvgIpc) is 3.35. The minimum atomic E-state index is -0.798. The second-order valence-corrected chi connectivity index (χ2v) is 19.6. The van der Waals surface area contributed by atoms with Gasteiger partial charge in [-0.15, -0.1) is 0 Å². The van der Waals surface area contributed by atoms with Crippen LogP contribution >= 0.6 is 0 Å². The molecular formula is C63H110O6. The number of esters is 3. The average molecular weight is 964 g/mol. The van der Waals surface area contributed by atoms with Crippen molar-refractivity contribution < 1.29 is 28.6 Å². The molecule has 0 bridgehead atoms. The lowest BCUT2D eigenvalue weighted by Gasteiger charge is -2.18. The highest BCUT2D eigenvalue weighted by atomic mass is 16.6. The van der Waals surface area contributed by atoms with Crippen molar-refractivity contribution in [1.29, 1.82) is 0 Å². The molecule has 0 aromatic rings. The van der Waals surface area contributed by atoms with E-state index >= 15 is 0 Å². The van der Waals surface area contributed by atoms with Gasteiger partial charge in [-0.1, -0.05) is 254 Å². The number of unbranched alkanes of at least 4 members (excludes halogenated alkanes) is 30. The summed E-state index contributed by atoms with van der Waals surface area (Å²) < 4.78 is 16.8. The Morgan fingerprint density at radius 2 is 0.536 bits per heavy atom. The fourth-order valence-corrected chi connectivity index (χ4v) is 8.23. The second kappa shape index (κ2) is 57.4. The van der Waals surface area contributed by atoms with Gasteiger partial charge < -0.3 is 14.2 Å². The zero-order valence-corrected chi connectivity index (χ0v) is 45.6. The summed E-state index contributed by atoms with van der Waals surface area (Å²) in [6, 6.07) is 0. The summed E-state index contributed by atoms with van der Waals surface area (Å²) in [6.45, 7) is 6.56. The van der Waals surface area contributed by atoms with Gasteiger partial charge >= 0.3 is 17.9 Å². The van der Waals surface area contributed by atoms with Crippen LogP contribution in [0.3, 0.4) is 0 Å². The van der Waals surface area contributed by atoms with Crippen molar-refractivity contribution in [3.8, 4) is 0 Å². The molecule has 0 aromatic carbocycles. The molecule has 0 fully saturated rings. The molecule has 1 atom stereocenters. The van der Waals surface area contributed by atoms with Crippen LogP contribution in [0.15, 0.2) is 72.9 Å². The fourth-order valence-electron chi connectivity index (χ4n) is 8.23. The lowest BCUT2D eigenvalue weighted by Crippen LogP contribution is -2.30. The monoisotopic (exact) mass is 963 g/mol. The maximum absolute atomic E-state index is 12.9. The number of carbonyl (C=O) groups is 3. The predicted molar refractivity (Wildman–Crippen MR) is 298 cm³/mol. The van der Waals surface area contributed by atoms with Gasteiger partial charge in [-0.2, -0.15) is 0 Å². The summed E-state index contributed by atoms with van der Waals surface area (Å²) in [5.41, 5.74) is 0. The van der Waals surface area contributed by atoms with Gasteiger partial charge in [0.2, 0.25) is 0 Å². The highest BCUT2D eigenvalue weighted by Crippen LogP contribution is 2.16. The Hall–Kier alpha value is -3.15. The molecule has 6 heteroatoms. The molecule has 0 aliphatic carbocycles. The fraction of sp³-hybridized carbons (Fsp3) is 0.762. The molecule has 0 heterocycles. The van der Waals surface area contributed by atoms with Crippen molar-refractivity contribution in [3.63, 3.8) is 0 Å². The van der Waals surface area contributed by atoms with Gasteiger partial charge in [0.15, 0.2) is 6.10 Å². The van der Waals surface area contributed by atoms with E-state index in [9.17, 15) is 14.4 Å². The van der Waals surface area contributed by atoms with Gasteiger partial charge in [-0.3, -0.25) is 14.4 Å². The molecule has 0 saturated heterocycles. The lowest BCUT2D eigenvalue weighted by atomic mass is 10.0. The SMILES string of the molecule is CCCCC/C=C\C/C=C\C/C=C\C/C=C\CCCC(=O)OC[C@H](COC(=O)CCCCCCCCCCCCCCCCC)OC(=O)CCCCCCCCCCC/C=C\C/C=C\CCCCC. The molecule has 0 aliphatic rings. The maximum atomic E-state index is 12.9. The van der Waals surface area contributed by atoms with Crippen molar-refractivity contribution >= 4 is 17.9 Å². The standard InChI is InChI=1S/C63H110O6/c1-4-7-10-13-16-19-22-25-28-30-31-33-36-39-42-45-48-51-54-57-63(66)69-60(58-67-61(64)55-52-49-46-43-40-37-34-27-24-21-18-15-12-9-6-3)59-68-62(65)56-53-50-47-44-41-38-35-32-29-26-23-20-17-14-11-8-5-2/h16-17,19-20,25-26,28-29,35,38,44,47,60H,4-15,18,21-24,27,30-34,36-37,39-43,45-46,48-59H2,1-3H3/b19-16-,20-17-,28-25-,29-26-,38-35-,47-44-/t60-/m0/s1. The Morgan fingerprint density at radius 3 is 0.899 bits per heavy atom. The summed E-state index contributed by atoms with van der Waals surface area (Å²) in [5, 5.41) is 0. The molecule has 0 radical (unpaired) electrons. The minimum absolute atomic E-state index is 0.0916. The number of rotatable bonds is 53. The number of allylic oxidation sites excluding steroid dienone is 12. The molecule has 0 saturated carbocycles. The lowest BCUT2D eigenvalue weighted by molar-refractivity contribution is -0.167. The largest absolute Gasteiger partial charge is 0.462 e. The van der Waals surface area contributed by atoms with E-state index in [0.29, 0.717) is 19.3 Å². The predicted octanol–water partition coefficient (Wildman–Crippen LogP) is 19.8. The van der Waals surface area contributed by atoms with Gasteiger partial charge in [0.25, 0.3) is 0 Å². The van der Waals surface area contributed by atoms with E-state index in [0.717, 1.165) is 70.6 Å². The topological polar surface area (TPSA) is 78.9 Å². The summed E-state index contributed by atoms with van der Waals surface area (Å²) >= 11 is 0. The molecule has 398 valence electrons. The van der Waals surface area contributed by atoms with Crippen LogP contribution in [0.2, 0.25) is 0 Å². The Balaban J connectivity index is 4.45. The second-order valence-electron chi connectivity index (χ2n) is 19.6. The van der Waals surface area contributed by atoms with Gasteiger partial charge in [0, 0.05) is 19.3 Å². The molecule has 0 aromatic heterocycles. The first kappa shape index (κ1) is 65.8. The Morgan fingerprint density at radius 1 is 0.290 bits per heavy atom. The molecule has 0 amide bonds. The van der Waals surface area contributed by atoms with Crippen LogP contribution in [-0.4, -0.2) is 37.2 Å². The molecule has 0 unspecified atom stereocenters. The Bertz CT molecular complexity index is 1290. The normalized spacial score (nSPS) is 12.6. The Kier molecular flexibility index (Phi) is 54.8. The van der Waals surface area contributed by atoms with Gasteiger partial charge in [-0.25, -0.2) is 0 Å². The van der Waals surface area contributed by atoms with Crippen molar-refractivity contribution in [2.24, 2.45) is 0 Å². The van der Waals surface area contributed by atoms with Gasteiger partial charge in [-0.05, 0) is 89.9 Å². The van der Waals surface area contributed by atoms with Crippen LogP contribution in [0.4, 0.5) is 0 Å². The summed E-state index contributed by atoms with van der Waals surface area (Å²) in [5.74, 6) is -0.944. The smallest absolute Gasteiger partial charge is 0.306 e. The first-order chi connectivity index (χ1) is 34.0. The van der Waals surface area contributed by atoms with Gasteiger partial charge in [0.05, 0.1) is 0 Å². The summed E-state index contributed by atoms with van der Waals surface area (Å²) in [7, 11) is 0. The van der Waals surface area contributed by atoms with Gasteiger partial charge in [0.1, 0.15) is 13.2 Å². The number of hydrogen-bond donors (Lipinski definition) is 0. The third-order valence-electron chi connectivity index (χ3n) is 12.7. The van der Waals surface area contributed by atoms with E-state index in [2.05, 4.69) is 93.7 Å². The van der Waals surface area contributed by atoms with Crippen LogP contribution in [0.5, 0.6) is 0 Å². The summed E-state index contributed by atoms with van der Waals surface area (Å²) in [4.78, 5) is 38.2. The molecular weight excluding hydrogens is 853 g/mol. The van der Waals surface area contributed by atoms with Crippen molar-refractivity contribution in [2.45, 2.75) is 297 Å². The minimum Gasteiger partial charge on any atom is -0.462 e. The molecule has 0 spiro atoms. The molecule has 69 heavy (non-hydrogen) atoms. The molecule has 0 N–H and O–H groups in total. The zero-order chi connectivity index (χ0) is 50.0. The zero-order valence-electron chi connectivity index (χ0n) is 45.6. The van der Waals surface area contributed by atoms with Crippen LogP contribution in [-0.2, 0) is 28.6 Å². The van der Waals surface area contributed by atoms with Crippen molar-refractivity contribution in [1.82, 2.24) is 0 Å². The first-order valence-corrected chi connectivity index (χ1v) is 29.4. The molecule has 6 nitrogen and oxygen atoms in total. The third-order valence-corrected chi connectivity index (χ3v) is 12.7. The summed E-state index contributed by atoms with van der Waals surface area (Å²) in [6.07, 6.45) is 73.2. The van der Waals surface area contributed by atoms with E-state index < -0.39 is 6.10 Å². The highest BCUT2D eigenvalue weighted by Gasteiger charge is 2.19. The van der Waals surface area contributed by atoms with Crippen LogP contribution in [0.1, 0.15) is 290 Å². The van der Waals surface area contributed by atoms with E-state index in [-0.39, 0.29) is 37.5 Å². The van der Waals surface area contributed by atoms with Crippen molar-refractivity contribution in [2.75, 3.05) is 13.2 Å². The molecule has 0 aliphatic heterocycles. The van der Waals surface area contributed by atoms with Crippen LogP contribution in [0.25, 0.3) is 0 Å². The van der Waals surface area contributed by atoms with E-state index in [4.69, 9.17) is 14.2 Å². The highest BCUT2D eigenvalue weighted by molar-refractivity contribution is 5.71.